The second-order valence-corrected chi connectivity index (χ2v) is 10.7. The van der Waals surface area contributed by atoms with Crippen LogP contribution >= 0.6 is 0 Å². The SMILES string of the molecule is CNCCNC(=O)Nc1ccc(-c2nc(N3CCOCC3)c3cnn(C4CCN(C(=O)c5ccccc5)CC4)c3n2)cc1. The summed E-state index contributed by atoms with van der Waals surface area (Å²) >= 11 is 0. The summed E-state index contributed by atoms with van der Waals surface area (Å²) in [7, 11) is 1.84. The summed E-state index contributed by atoms with van der Waals surface area (Å²) in [5.41, 5.74) is 3.02. The molecule has 2 saturated heterocycles. The molecule has 3 amide bonds. The Labute approximate surface area is 250 Å². The molecule has 12 nitrogen and oxygen atoms in total. The number of likely N-dealkylation sites (tertiary alicyclic amines) is 1. The van der Waals surface area contributed by atoms with Gasteiger partial charge in [0.1, 0.15) is 5.82 Å². The molecule has 0 unspecified atom stereocenters. The van der Waals surface area contributed by atoms with Gasteiger partial charge >= 0.3 is 6.03 Å². The lowest BCUT2D eigenvalue weighted by molar-refractivity contribution is 0.0691. The molecule has 4 heterocycles. The van der Waals surface area contributed by atoms with Gasteiger partial charge in [0.2, 0.25) is 0 Å². The predicted molar refractivity (Wildman–Crippen MR) is 165 cm³/mol. The third kappa shape index (κ3) is 6.45. The monoisotopic (exact) mass is 583 g/mol. The number of aromatic nitrogens is 4. The van der Waals surface area contributed by atoms with Crippen LogP contribution in [0.4, 0.5) is 16.3 Å². The average molecular weight is 584 g/mol. The van der Waals surface area contributed by atoms with E-state index < -0.39 is 0 Å². The molecule has 0 radical (unpaired) electrons. The van der Waals surface area contributed by atoms with Crippen LogP contribution in [0.15, 0.2) is 60.8 Å². The molecular formula is C31H37N9O3. The lowest BCUT2D eigenvalue weighted by Crippen LogP contribution is -2.39. The highest BCUT2D eigenvalue weighted by Crippen LogP contribution is 2.32. The molecule has 2 aromatic heterocycles. The second kappa shape index (κ2) is 13.2. The van der Waals surface area contributed by atoms with E-state index in [4.69, 9.17) is 19.8 Å². The van der Waals surface area contributed by atoms with Crippen LogP contribution in [-0.4, -0.2) is 96.1 Å². The molecule has 6 rings (SSSR count). The Morgan fingerprint density at radius 2 is 1.67 bits per heavy atom. The maximum absolute atomic E-state index is 13.0. The third-order valence-electron chi connectivity index (χ3n) is 7.92. The van der Waals surface area contributed by atoms with E-state index in [2.05, 4.69) is 20.9 Å². The average Bonchev–Trinajstić information content (AvgIpc) is 3.49. The van der Waals surface area contributed by atoms with Gasteiger partial charge in [-0.05, 0) is 56.3 Å². The van der Waals surface area contributed by atoms with Crippen molar-refractivity contribution in [2.45, 2.75) is 18.9 Å². The summed E-state index contributed by atoms with van der Waals surface area (Å²) < 4.78 is 7.62. The van der Waals surface area contributed by atoms with Gasteiger partial charge in [-0.15, -0.1) is 0 Å². The van der Waals surface area contributed by atoms with Crippen molar-refractivity contribution in [3.05, 3.63) is 66.4 Å². The van der Waals surface area contributed by atoms with E-state index in [1.165, 1.54) is 0 Å². The van der Waals surface area contributed by atoms with Gasteiger partial charge in [0, 0.05) is 56.1 Å². The van der Waals surface area contributed by atoms with Crippen LogP contribution in [0.2, 0.25) is 0 Å². The van der Waals surface area contributed by atoms with Crippen LogP contribution in [0.1, 0.15) is 29.2 Å². The second-order valence-electron chi connectivity index (χ2n) is 10.7. The number of carbonyl (C=O) groups excluding carboxylic acids is 2. The molecule has 3 N–H and O–H groups in total. The number of anilines is 2. The quantitative estimate of drug-likeness (QED) is 0.270. The lowest BCUT2D eigenvalue weighted by atomic mass is 10.0. The van der Waals surface area contributed by atoms with Crippen molar-refractivity contribution >= 4 is 34.5 Å². The zero-order valence-electron chi connectivity index (χ0n) is 24.3. The first-order valence-electron chi connectivity index (χ1n) is 14.8. The summed E-state index contributed by atoms with van der Waals surface area (Å²) in [6.45, 7) is 5.30. The zero-order valence-corrected chi connectivity index (χ0v) is 24.3. The Morgan fingerprint density at radius 3 is 2.40 bits per heavy atom. The minimum absolute atomic E-state index is 0.0666. The number of hydrogen-bond donors (Lipinski definition) is 3. The Bertz CT molecular complexity index is 1540. The fourth-order valence-electron chi connectivity index (χ4n) is 5.58. The maximum Gasteiger partial charge on any atom is 0.319 e. The van der Waals surface area contributed by atoms with E-state index in [9.17, 15) is 9.59 Å². The number of amides is 3. The van der Waals surface area contributed by atoms with Crippen molar-refractivity contribution in [3.63, 3.8) is 0 Å². The number of fused-ring (bicyclic) bond motifs is 1. The molecule has 0 saturated carbocycles. The Kier molecular flexibility index (Phi) is 8.75. The highest BCUT2D eigenvalue weighted by Gasteiger charge is 2.28. The first-order valence-corrected chi connectivity index (χ1v) is 14.8. The summed E-state index contributed by atoms with van der Waals surface area (Å²) in [5, 5.41) is 14.4. The Morgan fingerprint density at radius 1 is 0.930 bits per heavy atom. The van der Waals surface area contributed by atoms with Gasteiger partial charge in [0.25, 0.3) is 5.91 Å². The van der Waals surface area contributed by atoms with E-state index in [0.717, 1.165) is 48.3 Å². The minimum Gasteiger partial charge on any atom is -0.378 e. The normalized spacial score (nSPS) is 15.9. The number of carbonyl (C=O) groups is 2. The molecule has 224 valence electrons. The van der Waals surface area contributed by atoms with Gasteiger partial charge in [-0.2, -0.15) is 5.10 Å². The number of rotatable bonds is 8. The number of likely N-dealkylation sites (N-methyl/N-ethyl adjacent to an activating group) is 1. The summed E-state index contributed by atoms with van der Waals surface area (Å²) in [5.74, 6) is 1.51. The van der Waals surface area contributed by atoms with Crippen LogP contribution in [0.5, 0.6) is 0 Å². The maximum atomic E-state index is 13.0. The number of urea groups is 1. The molecule has 0 bridgehead atoms. The van der Waals surface area contributed by atoms with Crippen molar-refractivity contribution < 1.29 is 14.3 Å². The molecule has 4 aromatic rings. The molecule has 0 aliphatic carbocycles. The topological polar surface area (TPSA) is 130 Å². The first kappa shape index (κ1) is 28.6. The Hall–Kier alpha value is -4.55. The molecule has 2 aliphatic rings. The molecule has 0 atom stereocenters. The van der Waals surface area contributed by atoms with Gasteiger partial charge in [0.05, 0.1) is 30.8 Å². The van der Waals surface area contributed by atoms with E-state index in [0.29, 0.717) is 56.5 Å². The fraction of sp³-hybridized carbons (Fsp3) is 0.387. The molecule has 12 heteroatoms. The van der Waals surface area contributed by atoms with Crippen molar-refractivity contribution in [1.82, 2.24) is 35.3 Å². The predicted octanol–water partition coefficient (Wildman–Crippen LogP) is 3.15. The smallest absolute Gasteiger partial charge is 0.319 e. The van der Waals surface area contributed by atoms with Gasteiger partial charge in [0.15, 0.2) is 11.5 Å². The molecule has 2 fully saturated rings. The number of benzene rings is 2. The minimum atomic E-state index is -0.254. The van der Waals surface area contributed by atoms with Crippen LogP contribution in [-0.2, 0) is 4.74 Å². The van der Waals surface area contributed by atoms with Crippen LogP contribution in [0.25, 0.3) is 22.4 Å². The van der Waals surface area contributed by atoms with Gasteiger partial charge in [-0.1, -0.05) is 18.2 Å². The Balaban J connectivity index is 1.25. The van der Waals surface area contributed by atoms with Gasteiger partial charge in [-0.3, -0.25) is 4.79 Å². The van der Waals surface area contributed by atoms with Crippen LogP contribution in [0, 0.1) is 0 Å². The highest BCUT2D eigenvalue weighted by atomic mass is 16.5. The van der Waals surface area contributed by atoms with Gasteiger partial charge < -0.3 is 30.5 Å². The van der Waals surface area contributed by atoms with E-state index >= 15 is 0 Å². The molecule has 43 heavy (non-hydrogen) atoms. The fourth-order valence-corrected chi connectivity index (χ4v) is 5.58. The van der Waals surface area contributed by atoms with Crippen LogP contribution in [0.3, 0.4) is 0 Å². The van der Waals surface area contributed by atoms with Crippen molar-refractivity contribution in [2.75, 3.05) is 69.7 Å². The van der Waals surface area contributed by atoms with Crippen LogP contribution < -0.4 is 20.9 Å². The number of piperidine rings is 1. The standard InChI is InChI=1S/C31H37N9O3/c1-32-13-14-33-31(42)35-24-9-7-22(8-10-24)27-36-28(38-17-19-43-20-18-38)26-21-34-40(29(26)37-27)25-11-15-39(16-12-25)30(41)23-5-3-2-4-6-23/h2-10,21,25,32H,11-20H2,1H3,(H2,33,35,42). The van der Waals surface area contributed by atoms with E-state index in [-0.39, 0.29) is 18.0 Å². The summed E-state index contributed by atoms with van der Waals surface area (Å²) in [6.07, 6.45) is 3.45. The number of nitrogens with zero attached hydrogens (tertiary/aromatic N) is 6. The largest absolute Gasteiger partial charge is 0.378 e. The molecule has 2 aliphatic heterocycles. The lowest BCUT2D eigenvalue weighted by Gasteiger charge is -2.32. The number of nitrogens with one attached hydrogen (secondary N) is 3. The molecule has 2 aromatic carbocycles. The van der Waals surface area contributed by atoms with E-state index in [1.54, 1.807) is 0 Å². The number of morpholine rings is 1. The summed E-state index contributed by atoms with van der Waals surface area (Å²) in [6, 6.07) is 16.8. The van der Waals surface area contributed by atoms with Crippen molar-refractivity contribution in [1.29, 1.82) is 0 Å². The van der Waals surface area contributed by atoms with Crippen molar-refractivity contribution in [3.8, 4) is 11.4 Å². The molecular weight excluding hydrogens is 546 g/mol. The van der Waals surface area contributed by atoms with Crippen molar-refractivity contribution in [2.24, 2.45) is 0 Å². The number of ether oxygens (including phenoxy) is 1. The zero-order chi connectivity index (χ0) is 29.6. The molecule has 0 spiro atoms. The summed E-state index contributed by atoms with van der Waals surface area (Å²) in [4.78, 5) is 39.4. The highest BCUT2D eigenvalue weighted by molar-refractivity contribution is 5.94. The first-order chi connectivity index (χ1) is 21.1. The van der Waals surface area contributed by atoms with Gasteiger partial charge in [-0.25, -0.2) is 19.4 Å². The number of hydrogen-bond acceptors (Lipinski definition) is 8. The van der Waals surface area contributed by atoms with E-state index in [1.807, 2.05) is 77.4 Å². The third-order valence-corrected chi connectivity index (χ3v) is 7.92.